The Morgan fingerprint density at radius 2 is 2.35 bits per heavy atom. The molecule has 1 unspecified atom stereocenters. The van der Waals surface area contributed by atoms with Gasteiger partial charge in [-0.15, -0.1) is 0 Å². The van der Waals surface area contributed by atoms with Gasteiger partial charge >= 0.3 is 0 Å². The SMILES string of the molecule is O=C(c1ccon1)N1CCC(Oc2cccc(Cl)c2)C1. The van der Waals surface area contributed by atoms with Crippen molar-refractivity contribution in [2.75, 3.05) is 13.1 Å². The Bertz CT molecular complexity index is 600. The van der Waals surface area contributed by atoms with Crippen molar-refractivity contribution < 1.29 is 14.1 Å². The first-order valence-electron chi connectivity index (χ1n) is 6.34. The molecule has 1 atom stereocenters. The Morgan fingerprint density at radius 3 is 3.10 bits per heavy atom. The maximum absolute atomic E-state index is 12.1. The van der Waals surface area contributed by atoms with Gasteiger partial charge in [-0.3, -0.25) is 4.79 Å². The lowest BCUT2D eigenvalue weighted by molar-refractivity contribution is 0.0762. The molecule has 1 saturated heterocycles. The van der Waals surface area contributed by atoms with Crippen LogP contribution in [0.25, 0.3) is 0 Å². The second-order valence-corrected chi connectivity index (χ2v) is 5.06. The summed E-state index contributed by atoms with van der Waals surface area (Å²) in [4.78, 5) is 13.8. The van der Waals surface area contributed by atoms with Crippen molar-refractivity contribution in [3.05, 3.63) is 47.3 Å². The largest absolute Gasteiger partial charge is 0.488 e. The molecule has 0 radical (unpaired) electrons. The molecule has 2 aromatic rings. The zero-order valence-electron chi connectivity index (χ0n) is 10.7. The third-order valence-corrected chi connectivity index (χ3v) is 3.42. The summed E-state index contributed by atoms with van der Waals surface area (Å²) in [6.45, 7) is 1.19. The number of benzene rings is 1. The zero-order chi connectivity index (χ0) is 13.9. The standard InChI is InChI=1S/C14H13ClN2O3/c15-10-2-1-3-11(8-10)20-12-4-6-17(9-12)14(18)13-5-7-19-16-13/h1-3,5,7-8,12H,4,6,9H2. The second kappa shape index (κ2) is 5.54. The van der Waals surface area contributed by atoms with Crippen molar-refractivity contribution in [3.8, 4) is 5.75 Å². The minimum Gasteiger partial charge on any atom is -0.488 e. The third kappa shape index (κ3) is 2.77. The number of nitrogens with zero attached hydrogens (tertiary/aromatic N) is 2. The summed E-state index contributed by atoms with van der Waals surface area (Å²) >= 11 is 5.91. The van der Waals surface area contributed by atoms with Crippen LogP contribution in [-0.4, -0.2) is 35.2 Å². The molecule has 0 aliphatic carbocycles. The Hall–Kier alpha value is -2.01. The molecular weight excluding hydrogens is 280 g/mol. The van der Waals surface area contributed by atoms with Crippen LogP contribution >= 0.6 is 11.6 Å². The molecule has 1 fully saturated rings. The van der Waals surface area contributed by atoms with E-state index in [1.54, 1.807) is 23.1 Å². The van der Waals surface area contributed by atoms with Gasteiger partial charge < -0.3 is 14.2 Å². The van der Waals surface area contributed by atoms with Gasteiger partial charge in [0.15, 0.2) is 5.69 Å². The molecule has 1 amide bonds. The van der Waals surface area contributed by atoms with Gasteiger partial charge in [-0.05, 0) is 18.2 Å². The van der Waals surface area contributed by atoms with Gasteiger partial charge in [0, 0.05) is 24.1 Å². The summed E-state index contributed by atoms with van der Waals surface area (Å²) in [5, 5.41) is 4.29. The number of likely N-dealkylation sites (tertiary alicyclic amines) is 1. The predicted molar refractivity (Wildman–Crippen MR) is 72.9 cm³/mol. The summed E-state index contributed by atoms with van der Waals surface area (Å²) in [6.07, 6.45) is 2.16. The van der Waals surface area contributed by atoms with Gasteiger partial charge in [0.1, 0.15) is 18.1 Å². The third-order valence-electron chi connectivity index (χ3n) is 3.19. The number of hydrogen-bond acceptors (Lipinski definition) is 4. The number of halogens is 1. The predicted octanol–water partition coefficient (Wildman–Crippen LogP) is 2.62. The van der Waals surface area contributed by atoms with Crippen LogP contribution < -0.4 is 4.74 Å². The van der Waals surface area contributed by atoms with Gasteiger partial charge in [-0.2, -0.15) is 0 Å². The number of amides is 1. The number of carbonyl (C=O) groups is 1. The van der Waals surface area contributed by atoms with E-state index in [9.17, 15) is 4.79 Å². The molecule has 20 heavy (non-hydrogen) atoms. The molecule has 0 N–H and O–H groups in total. The summed E-state index contributed by atoms with van der Waals surface area (Å²) in [5.74, 6) is 0.592. The molecule has 1 aliphatic rings. The maximum Gasteiger partial charge on any atom is 0.276 e. The molecule has 0 saturated carbocycles. The minimum atomic E-state index is -0.129. The van der Waals surface area contributed by atoms with Crippen LogP contribution in [0.4, 0.5) is 0 Å². The number of rotatable bonds is 3. The van der Waals surface area contributed by atoms with Crippen molar-refractivity contribution in [1.82, 2.24) is 10.1 Å². The fourth-order valence-electron chi connectivity index (χ4n) is 2.23. The lowest BCUT2D eigenvalue weighted by Gasteiger charge is -2.16. The van der Waals surface area contributed by atoms with E-state index in [2.05, 4.69) is 9.68 Å². The average Bonchev–Trinajstić information content (AvgIpc) is 3.09. The van der Waals surface area contributed by atoms with Crippen LogP contribution in [0.5, 0.6) is 5.75 Å². The first-order chi connectivity index (χ1) is 9.72. The van der Waals surface area contributed by atoms with E-state index in [0.29, 0.717) is 23.8 Å². The molecule has 1 aromatic carbocycles. The van der Waals surface area contributed by atoms with E-state index >= 15 is 0 Å². The number of carbonyl (C=O) groups excluding carboxylic acids is 1. The molecular formula is C14H13ClN2O3. The molecule has 6 heteroatoms. The molecule has 2 heterocycles. The Morgan fingerprint density at radius 1 is 1.45 bits per heavy atom. The van der Waals surface area contributed by atoms with E-state index < -0.39 is 0 Å². The maximum atomic E-state index is 12.1. The first-order valence-corrected chi connectivity index (χ1v) is 6.72. The Labute approximate surface area is 121 Å². The molecule has 1 aromatic heterocycles. The molecule has 5 nitrogen and oxygen atoms in total. The first kappa shape index (κ1) is 13.0. The number of hydrogen-bond donors (Lipinski definition) is 0. The highest BCUT2D eigenvalue weighted by Crippen LogP contribution is 2.22. The fraction of sp³-hybridized carbons (Fsp3) is 0.286. The molecule has 0 bridgehead atoms. The monoisotopic (exact) mass is 292 g/mol. The lowest BCUT2D eigenvalue weighted by Crippen LogP contribution is -2.31. The van der Waals surface area contributed by atoms with E-state index in [0.717, 1.165) is 12.2 Å². The van der Waals surface area contributed by atoms with Gasteiger partial charge in [0.25, 0.3) is 5.91 Å². The van der Waals surface area contributed by atoms with Crippen molar-refractivity contribution in [2.45, 2.75) is 12.5 Å². The van der Waals surface area contributed by atoms with Gasteiger partial charge in [0.05, 0.1) is 6.54 Å². The molecule has 1 aliphatic heterocycles. The highest BCUT2D eigenvalue weighted by atomic mass is 35.5. The Balaban J connectivity index is 1.61. The lowest BCUT2D eigenvalue weighted by atomic mass is 10.3. The molecule has 0 spiro atoms. The Kier molecular flexibility index (Phi) is 3.60. The topological polar surface area (TPSA) is 55.6 Å². The van der Waals surface area contributed by atoms with Crippen LogP contribution in [-0.2, 0) is 0 Å². The van der Waals surface area contributed by atoms with Gasteiger partial charge in [-0.25, -0.2) is 0 Å². The van der Waals surface area contributed by atoms with Crippen LogP contribution in [0, 0.1) is 0 Å². The number of aromatic nitrogens is 1. The smallest absolute Gasteiger partial charge is 0.276 e. The average molecular weight is 293 g/mol. The number of ether oxygens (including phenoxy) is 1. The van der Waals surface area contributed by atoms with Crippen LogP contribution in [0.3, 0.4) is 0 Å². The van der Waals surface area contributed by atoms with Crippen molar-refractivity contribution >= 4 is 17.5 Å². The van der Waals surface area contributed by atoms with Crippen molar-refractivity contribution in [1.29, 1.82) is 0 Å². The summed E-state index contributed by atoms with van der Waals surface area (Å²) in [5.41, 5.74) is 0.327. The van der Waals surface area contributed by atoms with E-state index in [1.807, 2.05) is 12.1 Å². The summed E-state index contributed by atoms with van der Waals surface area (Å²) in [6, 6.07) is 8.82. The normalized spacial score (nSPS) is 18.2. The van der Waals surface area contributed by atoms with Crippen LogP contribution in [0.2, 0.25) is 5.02 Å². The van der Waals surface area contributed by atoms with Gasteiger partial charge in [-0.1, -0.05) is 22.8 Å². The van der Waals surface area contributed by atoms with Gasteiger partial charge in [0.2, 0.25) is 0 Å². The second-order valence-electron chi connectivity index (χ2n) is 4.62. The summed E-state index contributed by atoms with van der Waals surface area (Å²) in [7, 11) is 0. The highest BCUT2D eigenvalue weighted by molar-refractivity contribution is 6.30. The van der Waals surface area contributed by atoms with E-state index in [-0.39, 0.29) is 12.0 Å². The fourth-order valence-corrected chi connectivity index (χ4v) is 2.41. The van der Waals surface area contributed by atoms with Crippen molar-refractivity contribution in [2.24, 2.45) is 0 Å². The molecule has 3 rings (SSSR count). The van der Waals surface area contributed by atoms with Crippen molar-refractivity contribution in [3.63, 3.8) is 0 Å². The summed E-state index contributed by atoms with van der Waals surface area (Å²) < 4.78 is 10.5. The molecule has 104 valence electrons. The van der Waals surface area contributed by atoms with Crippen LogP contribution in [0.1, 0.15) is 16.9 Å². The highest BCUT2D eigenvalue weighted by Gasteiger charge is 2.29. The van der Waals surface area contributed by atoms with E-state index in [4.69, 9.17) is 16.3 Å². The quantitative estimate of drug-likeness (QED) is 0.872. The zero-order valence-corrected chi connectivity index (χ0v) is 11.4. The van der Waals surface area contributed by atoms with Crippen LogP contribution in [0.15, 0.2) is 41.1 Å². The minimum absolute atomic E-state index is 0.0238. The van der Waals surface area contributed by atoms with E-state index in [1.165, 1.54) is 6.26 Å².